The molecule has 1 rings (SSSR count). The van der Waals surface area contributed by atoms with E-state index in [-0.39, 0.29) is 12.0 Å². The van der Waals surface area contributed by atoms with Crippen molar-refractivity contribution in [2.45, 2.75) is 20.3 Å². The standard InChI is InChI=1S/C10H18FNO/c1-3-12-5-4-9(6-11)10(2,7-12)8-13/h6,13H,3-5,7-8H2,1-2H3. The number of hydrogen-bond acceptors (Lipinski definition) is 2. The summed E-state index contributed by atoms with van der Waals surface area (Å²) in [6.45, 7) is 6.66. The van der Waals surface area contributed by atoms with E-state index in [1.54, 1.807) is 0 Å². The Bertz CT molecular complexity index is 205. The largest absolute Gasteiger partial charge is 0.395 e. The molecule has 0 saturated carbocycles. The summed E-state index contributed by atoms with van der Waals surface area (Å²) in [5.41, 5.74) is 0.378. The minimum absolute atomic E-state index is 0.0270. The van der Waals surface area contributed by atoms with Crippen molar-refractivity contribution in [3.05, 3.63) is 11.9 Å². The molecule has 0 radical (unpaired) electrons. The number of piperidine rings is 1. The Morgan fingerprint density at radius 1 is 1.69 bits per heavy atom. The molecule has 1 fully saturated rings. The van der Waals surface area contributed by atoms with Gasteiger partial charge in [-0.2, -0.15) is 0 Å². The van der Waals surface area contributed by atoms with E-state index in [9.17, 15) is 9.50 Å². The van der Waals surface area contributed by atoms with Gasteiger partial charge in [0, 0.05) is 18.5 Å². The van der Waals surface area contributed by atoms with Gasteiger partial charge >= 0.3 is 0 Å². The average molecular weight is 187 g/mol. The van der Waals surface area contributed by atoms with Gasteiger partial charge in [0.1, 0.15) is 0 Å². The highest BCUT2D eigenvalue weighted by molar-refractivity contribution is 5.15. The van der Waals surface area contributed by atoms with Crippen LogP contribution >= 0.6 is 0 Å². The van der Waals surface area contributed by atoms with Crippen molar-refractivity contribution in [3.8, 4) is 0 Å². The molecule has 1 atom stereocenters. The second kappa shape index (κ2) is 4.20. The summed E-state index contributed by atoms with van der Waals surface area (Å²) in [4.78, 5) is 2.24. The normalized spacial score (nSPS) is 34.0. The Labute approximate surface area is 79.0 Å². The first-order valence-electron chi connectivity index (χ1n) is 4.79. The summed E-state index contributed by atoms with van der Waals surface area (Å²) < 4.78 is 12.5. The first-order valence-corrected chi connectivity index (χ1v) is 4.79. The molecule has 0 aliphatic carbocycles. The van der Waals surface area contributed by atoms with Gasteiger partial charge in [0.25, 0.3) is 0 Å². The lowest BCUT2D eigenvalue weighted by Crippen LogP contribution is -2.44. The first-order chi connectivity index (χ1) is 6.16. The van der Waals surface area contributed by atoms with Gasteiger partial charge in [0.05, 0.1) is 12.9 Å². The van der Waals surface area contributed by atoms with Crippen molar-refractivity contribution in [1.29, 1.82) is 0 Å². The predicted molar refractivity (Wildman–Crippen MR) is 51.1 cm³/mol. The fourth-order valence-electron chi connectivity index (χ4n) is 1.86. The molecule has 0 aromatic carbocycles. The molecular weight excluding hydrogens is 169 g/mol. The van der Waals surface area contributed by atoms with Crippen molar-refractivity contribution in [1.82, 2.24) is 4.90 Å². The second-order valence-electron chi connectivity index (χ2n) is 3.97. The lowest BCUT2D eigenvalue weighted by atomic mass is 9.78. The summed E-state index contributed by atoms with van der Waals surface area (Å²) in [6, 6.07) is 0. The van der Waals surface area contributed by atoms with Crippen LogP contribution in [0.15, 0.2) is 11.9 Å². The van der Waals surface area contributed by atoms with Crippen molar-refractivity contribution < 1.29 is 9.50 Å². The van der Waals surface area contributed by atoms with Crippen molar-refractivity contribution in [3.63, 3.8) is 0 Å². The molecule has 3 heteroatoms. The molecule has 2 nitrogen and oxygen atoms in total. The third-order valence-electron chi connectivity index (χ3n) is 2.97. The molecular formula is C10H18FNO. The van der Waals surface area contributed by atoms with Crippen LogP contribution in [-0.4, -0.2) is 36.2 Å². The van der Waals surface area contributed by atoms with Crippen molar-refractivity contribution >= 4 is 0 Å². The van der Waals surface area contributed by atoms with Gasteiger partial charge in [-0.15, -0.1) is 0 Å². The Morgan fingerprint density at radius 2 is 2.38 bits per heavy atom. The zero-order valence-electron chi connectivity index (χ0n) is 8.39. The molecule has 1 aliphatic rings. The SMILES string of the molecule is CCN1CCC(=CF)C(C)(CO)C1. The maximum atomic E-state index is 12.5. The molecule has 1 saturated heterocycles. The second-order valence-corrected chi connectivity index (χ2v) is 3.97. The van der Waals surface area contributed by atoms with Crippen LogP contribution in [0.3, 0.4) is 0 Å². The molecule has 0 spiro atoms. The Balaban J connectivity index is 2.74. The number of halogens is 1. The van der Waals surface area contributed by atoms with Gasteiger partial charge in [-0.05, 0) is 18.5 Å². The summed E-state index contributed by atoms with van der Waals surface area (Å²) in [7, 11) is 0. The Kier molecular flexibility index (Phi) is 3.45. The third kappa shape index (κ3) is 2.09. The topological polar surface area (TPSA) is 23.5 Å². The van der Waals surface area contributed by atoms with Gasteiger partial charge in [0.15, 0.2) is 0 Å². The highest BCUT2D eigenvalue weighted by Gasteiger charge is 2.34. The van der Waals surface area contributed by atoms with Crippen molar-refractivity contribution in [2.24, 2.45) is 5.41 Å². The molecule has 0 aromatic heterocycles. The number of likely N-dealkylation sites (tertiary alicyclic amines) is 1. The van der Waals surface area contributed by atoms with Gasteiger partial charge in [-0.1, -0.05) is 13.8 Å². The third-order valence-corrected chi connectivity index (χ3v) is 2.97. The highest BCUT2D eigenvalue weighted by Crippen LogP contribution is 2.34. The number of hydrogen-bond donors (Lipinski definition) is 1. The predicted octanol–water partition coefficient (Wildman–Crippen LogP) is 1.56. The monoisotopic (exact) mass is 187 g/mol. The molecule has 76 valence electrons. The lowest BCUT2D eigenvalue weighted by molar-refractivity contribution is 0.0912. The summed E-state index contributed by atoms with van der Waals surface area (Å²) in [5, 5.41) is 9.23. The van der Waals surface area contributed by atoms with Gasteiger partial charge < -0.3 is 10.0 Å². The van der Waals surface area contributed by atoms with E-state index >= 15 is 0 Å². The molecule has 0 aromatic rings. The number of nitrogens with zero attached hydrogens (tertiary/aromatic N) is 1. The van der Waals surface area contributed by atoms with E-state index in [0.29, 0.717) is 6.33 Å². The van der Waals surface area contributed by atoms with Crippen molar-refractivity contribution in [2.75, 3.05) is 26.2 Å². The minimum Gasteiger partial charge on any atom is -0.395 e. The molecule has 0 bridgehead atoms. The molecule has 1 heterocycles. The van der Waals surface area contributed by atoms with Crippen LogP contribution in [0.5, 0.6) is 0 Å². The molecule has 1 aliphatic heterocycles. The van der Waals surface area contributed by atoms with E-state index in [2.05, 4.69) is 11.8 Å². The molecule has 0 amide bonds. The maximum absolute atomic E-state index is 12.5. The number of rotatable bonds is 2. The maximum Gasteiger partial charge on any atom is 0.0866 e. The first kappa shape index (κ1) is 10.7. The fourth-order valence-corrected chi connectivity index (χ4v) is 1.86. The average Bonchev–Trinajstić information content (AvgIpc) is 2.17. The highest BCUT2D eigenvalue weighted by atomic mass is 19.1. The number of aliphatic hydroxyl groups excluding tert-OH is 1. The molecule has 1 N–H and O–H groups in total. The van der Waals surface area contributed by atoms with Crippen LogP contribution in [0.25, 0.3) is 0 Å². The van der Waals surface area contributed by atoms with E-state index < -0.39 is 0 Å². The van der Waals surface area contributed by atoms with Crippen LogP contribution in [0.1, 0.15) is 20.3 Å². The van der Waals surface area contributed by atoms with Crippen LogP contribution in [-0.2, 0) is 0 Å². The van der Waals surface area contributed by atoms with Crippen LogP contribution in [0.2, 0.25) is 0 Å². The van der Waals surface area contributed by atoms with Gasteiger partial charge in [-0.25, -0.2) is 4.39 Å². The van der Waals surface area contributed by atoms with E-state index in [1.165, 1.54) is 0 Å². The molecule has 13 heavy (non-hydrogen) atoms. The van der Waals surface area contributed by atoms with Gasteiger partial charge in [0.2, 0.25) is 0 Å². The molecule has 1 unspecified atom stereocenters. The van der Waals surface area contributed by atoms with E-state index in [4.69, 9.17) is 0 Å². The van der Waals surface area contributed by atoms with Gasteiger partial charge in [-0.3, -0.25) is 0 Å². The quantitative estimate of drug-likeness (QED) is 0.709. The summed E-state index contributed by atoms with van der Waals surface area (Å²) >= 11 is 0. The zero-order chi connectivity index (χ0) is 9.90. The van der Waals surface area contributed by atoms with Crippen LogP contribution in [0, 0.1) is 5.41 Å². The van der Waals surface area contributed by atoms with Crippen LogP contribution < -0.4 is 0 Å². The minimum atomic E-state index is -0.372. The Morgan fingerprint density at radius 3 is 2.85 bits per heavy atom. The van der Waals surface area contributed by atoms with Crippen LogP contribution in [0.4, 0.5) is 4.39 Å². The fraction of sp³-hybridized carbons (Fsp3) is 0.800. The smallest absolute Gasteiger partial charge is 0.0866 e. The Hall–Kier alpha value is -0.410. The zero-order valence-corrected chi connectivity index (χ0v) is 8.39. The van der Waals surface area contributed by atoms with E-state index in [1.807, 2.05) is 6.92 Å². The number of aliphatic hydroxyl groups is 1. The summed E-state index contributed by atoms with van der Waals surface area (Å²) in [6.07, 6.45) is 1.41. The lowest BCUT2D eigenvalue weighted by Gasteiger charge is -2.40. The summed E-state index contributed by atoms with van der Waals surface area (Å²) in [5.74, 6) is 0. The van der Waals surface area contributed by atoms with E-state index in [0.717, 1.165) is 31.6 Å².